The molecule has 0 saturated carbocycles. The lowest BCUT2D eigenvalue weighted by molar-refractivity contribution is -0.141. The zero-order valence-electron chi connectivity index (χ0n) is 23.2. The van der Waals surface area contributed by atoms with Crippen LogP contribution in [0.15, 0.2) is 72.8 Å². The Kier molecular flexibility index (Phi) is 11.6. The van der Waals surface area contributed by atoms with E-state index in [1.165, 1.54) is 29.2 Å². The van der Waals surface area contributed by atoms with Crippen LogP contribution < -0.4 is 9.62 Å². The van der Waals surface area contributed by atoms with Crippen molar-refractivity contribution >= 4 is 50.7 Å². The summed E-state index contributed by atoms with van der Waals surface area (Å²) in [4.78, 5) is 28.8. The molecule has 0 aliphatic rings. The first-order valence-electron chi connectivity index (χ1n) is 13.2. The largest absolute Gasteiger partial charge is 0.352 e. The van der Waals surface area contributed by atoms with Crippen LogP contribution in [0.1, 0.15) is 37.8 Å². The molecule has 11 heteroatoms. The molecule has 0 aliphatic heterocycles. The quantitative estimate of drug-likeness (QED) is 0.260. The van der Waals surface area contributed by atoms with Crippen molar-refractivity contribution in [1.82, 2.24) is 10.2 Å². The first-order chi connectivity index (χ1) is 19.4. The number of amides is 2. The Morgan fingerprint density at radius 3 is 2.10 bits per heavy atom. The highest BCUT2D eigenvalue weighted by Crippen LogP contribution is 2.28. The van der Waals surface area contributed by atoms with Crippen LogP contribution in [-0.4, -0.2) is 50.0 Å². The molecule has 0 spiro atoms. The van der Waals surface area contributed by atoms with Crippen LogP contribution in [0.25, 0.3) is 0 Å². The molecule has 220 valence electrons. The summed E-state index contributed by atoms with van der Waals surface area (Å²) < 4.78 is 39.6. The Morgan fingerprint density at radius 2 is 1.54 bits per heavy atom. The summed E-state index contributed by atoms with van der Waals surface area (Å²) in [7, 11) is -3.71. The SMILES string of the molecule is CC(C)NC(=O)C(Cc1ccccc1)N(Cc1c(Cl)cccc1Cl)C(=O)CCCN(c1ccc(F)cc1)S(C)(=O)=O. The van der Waals surface area contributed by atoms with Gasteiger partial charge in [0.05, 0.1) is 11.9 Å². The minimum absolute atomic E-state index is 0.0154. The predicted molar refractivity (Wildman–Crippen MR) is 162 cm³/mol. The Morgan fingerprint density at radius 1 is 0.927 bits per heavy atom. The standard InChI is InChI=1S/C30H34Cl2FN3O4S/c1-21(2)34-30(38)28(19-22-9-5-4-6-10-22)35(20-25-26(31)11-7-12-27(25)32)29(37)13-8-18-36(41(3,39)40)24-16-14-23(33)15-17-24/h4-7,9-12,14-17,21,28H,8,13,18-20H2,1-3H3,(H,34,38). The second-order valence-electron chi connectivity index (χ2n) is 10.0. The first-order valence-corrected chi connectivity index (χ1v) is 15.8. The first kappa shape index (κ1) is 32.4. The van der Waals surface area contributed by atoms with Crippen molar-refractivity contribution in [3.05, 3.63) is 99.8 Å². The fraction of sp³-hybridized carbons (Fsp3) is 0.333. The molecule has 0 radical (unpaired) electrons. The third-order valence-corrected chi connectivity index (χ3v) is 8.26. The van der Waals surface area contributed by atoms with Gasteiger partial charge in [0, 0.05) is 47.6 Å². The molecule has 0 aliphatic carbocycles. The molecule has 0 fully saturated rings. The molecule has 2 amide bonds. The van der Waals surface area contributed by atoms with E-state index in [9.17, 15) is 22.4 Å². The molecule has 1 atom stereocenters. The van der Waals surface area contributed by atoms with Crippen LogP contribution in [0.5, 0.6) is 0 Å². The van der Waals surface area contributed by atoms with Gasteiger partial charge in [-0.2, -0.15) is 0 Å². The van der Waals surface area contributed by atoms with Gasteiger partial charge in [-0.15, -0.1) is 0 Å². The van der Waals surface area contributed by atoms with Crippen molar-refractivity contribution in [2.24, 2.45) is 0 Å². The lowest BCUT2D eigenvalue weighted by Crippen LogP contribution is -2.52. The lowest BCUT2D eigenvalue weighted by Gasteiger charge is -2.33. The normalized spacial score (nSPS) is 12.2. The Labute approximate surface area is 251 Å². The number of carbonyl (C=O) groups is 2. The number of rotatable bonds is 13. The van der Waals surface area contributed by atoms with Gasteiger partial charge in [0.25, 0.3) is 0 Å². The van der Waals surface area contributed by atoms with Gasteiger partial charge in [0.2, 0.25) is 21.8 Å². The highest BCUT2D eigenvalue weighted by atomic mass is 35.5. The van der Waals surface area contributed by atoms with Gasteiger partial charge in [0.15, 0.2) is 0 Å². The van der Waals surface area contributed by atoms with Crippen LogP contribution in [0.2, 0.25) is 10.0 Å². The topological polar surface area (TPSA) is 86.8 Å². The zero-order valence-corrected chi connectivity index (χ0v) is 25.5. The summed E-state index contributed by atoms with van der Waals surface area (Å²) in [6.45, 7) is 3.64. The monoisotopic (exact) mass is 621 g/mol. The van der Waals surface area contributed by atoms with Crippen molar-refractivity contribution in [2.75, 3.05) is 17.1 Å². The van der Waals surface area contributed by atoms with E-state index in [-0.39, 0.29) is 50.2 Å². The molecule has 0 aromatic heterocycles. The minimum Gasteiger partial charge on any atom is -0.352 e. The zero-order chi connectivity index (χ0) is 30.2. The lowest BCUT2D eigenvalue weighted by atomic mass is 10.0. The number of carbonyl (C=O) groups excluding carboxylic acids is 2. The molecule has 3 rings (SSSR count). The summed E-state index contributed by atoms with van der Waals surface area (Å²) in [5.41, 5.74) is 1.65. The smallest absolute Gasteiger partial charge is 0.243 e. The van der Waals surface area contributed by atoms with E-state index in [0.717, 1.165) is 16.1 Å². The van der Waals surface area contributed by atoms with E-state index in [1.54, 1.807) is 18.2 Å². The number of hydrogen-bond acceptors (Lipinski definition) is 4. The highest BCUT2D eigenvalue weighted by Gasteiger charge is 2.31. The van der Waals surface area contributed by atoms with Gasteiger partial charge in [-0.1, -0.05) is 59.6 Å². The second kappa shape index (κ2) is 14.7. The van der Waals surface area contributed by atoms with Crippen LogP contribution in [0.3, 0.4) is 0 Å². The van der Waals surface area contributed by atoms with E-state index in [2.05, 4.69) is 5.32 Å². The van der Waals surface area contributed by atoms with Crippen molar-refractivity contribution in [1.29, 1.82) is 0 Å². The van der Waals surface area contributed by atoms with Crippen LogP contribution in [0, 0.1) is 5.82 Å². The summed E-state index contributed by atoms with van der Waals surface area (Å²) in [6.07, 6.45) is 1.39. The molecule has 41 heavy (non-hydrogen) atoms. The molecular weight excluding hydrogens is 588 g/mol. The van der Waals surface area contributed by atoms with Crippen molar-refractivity contribution < 1.29 is 22.4 Å². The molecule has 1 N–H and O–H groups in total. The van der Waals surface area contributed by atoms with Gasteiger partial charge >= 0.3 is 0 Å². The Bertz CT molecular complexity index is 1420. The van der Waals surface area contributed by atoms with Crippen molar-refractivity contribution in [3.8, 4) is 0 Å². The van der Waals surface area contributed by atoms with E-state index in [1.807, 2.05) is 44.2 Å². The second-order valence-corrected chi connectivity index (χ2v) is 12.7. The fourth-order valence-electron chi connectivity index (χ4n) is 4.40. The average Bonchev–Trinajstić information content (AvgIpc) is 2.90. The fourth-order valence-corrected chi connectivity index (χ4v) is 5.88. The maximum absolute atomic E-state index is 13.8. The van der Waals surface area contributed by atoms with Gasteiger partial charge in [-0.05, 0) is 62.2 Å². The predicted octanol–water partition coefficient (Wildman–Crippen LogP) is 5.84. The number of hydrogen-bond donors (Lipinski definition) is 1. The Balaban J connectivity index is 1.92. The molecule has 0 saturated heterocycles. The number of sulfonamides is 1. The summed E-state index contributed by atoms with van der Waals surface area (Å²) in [6, 6.07) is 18.4. The number of benzene rings is 3. The van der Waals surface area contributed by atoms with Crippen LogP contribution >= 0.6 is 23.2 Å². The molecule has 3 aromatic rings. The Hall–Kier alpha value is -3.14. The van der Waals surface area contributed by atoms with E-state index in [4.69, 9.17) is 23.2 Å². The third kappa shape index (κ3) is 9.45. The third-order valence-electron chi connectivity index (χ3n) is 6.36. The molecule has 1 unspecified atom stereocenters. The molecule has 3 aromatic carbocycles. The van der Waals surface area contributed by atoms with E-state index in [0.29, 0.717) is 21.3 Å². The molecule has 0 bridgehead atoms. The molecule has 0 heterocycles. The summed E-state index contributed by atoms with van der Waals surface area (Å²) >= 11 is 12.9. The maximum atomic E-state index is 13.8. The van der Waals surface area contributed by atoms with Gasteiger partial charge in [-0.3, -0.25) is 13.9 Å². The van der Waals surface area contributed by atoms with Crippen molar-refractivity contribution in [2.45, 2.75) is 51.7 Å². The minimum atomic E-state index is -3.71. The number of nitrogens with one attached hydrogen (secondary N) is 1. The van der Waals surface area contributed by atoms with E-state index < -0.39 is 21.9 Å². The van der Waals surface area contributed by atoms with Gasteiger partial charge < -0.3 is 10.2 Å². The van der Waals surface area contributed by atoms with Crippen LogP contribution in [0.4, 0.5) is 10.1 Å². The highest BCUT2D eigenvalue weighted by molar-refractivity contribution is 7.92. The maximum Gasteiger partial charge on any atom is 0.243 e. The summed E-state index contributed by atoms with van der Waals surface area (Å²) in [5, 5.41) is 3.63. The number of halogens is 3. The van der Waals surface area contributed by atoms with Gasteiger partial charge in [0.1, 0.15) is 11.9 Å². The average molecular weight is 623 g/mol. The number of anilines is 1. The summed E-state index contributed by atoms with van der Waals surface area (Å²) in [5.74, 6) is -1.19. The van der Waals surface area contributed by atoms with Gasteiger partial charge in [-0.25, -0.2) is 12.8 Å². The molecular formula is C30H34Cl2FN3O4S. The van der Waals surface area contributed by atoms with E-state index >= 15 is 0 Å². The van der Waals surface area contributed by atoms with Crippen LogP contribution in [-0.2, 0) is 32.6 Å². The molecule has 7 nitrogen and oxygen atoms in total. The number of nitrogens with zero attached hydrogens (tertiary/aromatic N) is 2. The van der Waals surface area contributed by atoms with Crippen molar-refractivity contribution in [3.63, 3.8) is 0 Å².